The molecule has 178 valence electrons. The SMILES string of the molecule is CC(C)(C)OC(C(=O)O)c1c(C2=CC=C3OCCC4=CC=NC2C43)c2ccccc2c2occc12. The number of aliphatic imine (C=N–C) groups is 1. The number of carboxylic acids is 1. The van der Waals surface area contributed by atoms with Crippen molar-refractivity contribution in [3.05, 3.63) is 77.3 Å². The number of allylic oxidation sites excluding steroid dienone is 3. The first kappa shape index (κ1) is 21.9. The lowest BCUT2D eigenvalue weighted by molar-refractivity contribution is -0.160. The Hall–Kier alpha value is -3.64. The van der Waals surface area contributed by atoms with Crippen molar-refractivity contribution in [2.45, 2.75) is 44.9 Å². The molecule has 2 aliphatic heterocycles. The molecule has 2 aromatic carbocycles. The molecule has 3 heterocycles. The predicted molar refractivity (Wildman–Crippen MR) is 135 cm³/mol. The van der Waals surface area contributed by atoms with Crippen LogP contribution in [0.15, 0.2) is 75.6 Å². The number of furan rings is 1. The first-order valence-corrected chi connectivity index (χ1v) is 11.9. The molecule has 6 nitrogen and oxygen atoms in total. The van der Waals surface area contributed by atoms with Crippen LogP contribution in [0, 0.1) is 5.92 Å². The summed E-state index contributed by atoms with van der Waals surface area (Å²) < 4.78 is 18.1. The summed E-state index contributed by atoms with van der Waals surface area (Å²) in [6, 6.07) is 9.61. The lowest BCUT2D eigenvalue weighted by Gasteiger charge is -2.39. The number of carbonyl (C=O) groups is 1. The largest absolute Gasteiger partial charge is 0.497 e. The van der Waals surface area contributed by atoms with E-state index in [0.29, 0.717) is 17.8 Å². The molecule has 35 heavy (non-hydrogen) atoms. The molecule has 1 aliphatic carbocycles. The number of hydrogen-bond acceptors (Lipinski definition) is 5. The maximum atomic E-state index is 12.7. The molecule has 0 radical (unpaired) electrons. The lowest BCUT2D eigenvalue weighted by atomic mass is 9.74. The van der Waals surface area contributed by atoms with Gasteiger partial charge in [-0.3, -0.25) is 4.99 Å². The Balaban J connectivity index is 1.69. The number of aliphatic carboxylic acids is 1. The molecule has 1 saturated heterocycles. The van der Waals surface area contributed by atoms with Crippen LogP contribution in [0.25, 0.3) is 27.3 Å². The Morgan fingerprint density at radius 2 is 1.91 bits per heavy atom. The third-order valence-corrected chi connectivity index (χ3v) is 6.87. The van der Waals surface area contributed by atoms with Gasteiger partial charge in [0, 0.05) is 29.0 Å². The molecule has 3 unspecified atom stereocenters. The summed E-state index contributed by atoms with van der Waals surface area (Å²) in [4.78, 5) is 17.6. The van der Waals surface area contributed by atoms with E-state index in [0.717, 1.165) is 39.5 Å². The topological polar surface area (TPSA) is 81.3 Å². The van der Waals surface area contributed by atoms with E-state index in [9.17, 15) is 9.90 Å². The summed E-state index contributed by atoms with van der Waals surface area (Å²) in [6.45, 7) is 6.26. The highest BCUT2D eigenvalue weighted by Gasteiger charge is 2.41. The Morgan fingerprint density at radius 1 is 1.11 bits per heavy atom. The number of rotatable bonds is 4. The van der Waals surface area contributed by atoms with Crippen molar-refractivity contribution in [3.63, 3.8) is 0 Å². The van der Waals surface area contributed by atoms with E-state index in [-0.39, 0.29) is 12.0 Å². The third-order valence-electron chi connectivity index (χ3n) is 6.87. The number of nitrogens with zero attached hydrogens (tertiary/aromatic N) is 1. The van der Waals surface area contributed by atoms with Crippen molar-refractivity contribution in [2.75, 3.05) is 6.61 Å². The molecule has 0 spiro atoms. The third kappa shape index (κ3) is 3.51. The molecule has 6 heteroatoms. The fraction of sp³-hybridized carbons (Fsp3) is 0.310. The zero-order valence-electron chi connectivity index (χ0n) is 19.9. The van der Waals surface area contributed by atoms with Crippen molar-refractivity contribution in [1.29, 1.82) is 0 Å². The molecule has 3 aromatic rings. The normalized spacial score (nSPS) is 22.2. The van der Waals surface area contributed by atoms with Gasteiger partial charge in [-0.25, -0.2) is 4.79 Å². The van der Waals surface area contributed by atoms with E-state index in [1.807, 2.05) is 69.5 Å². The van der Waals surface area contributed by atoms with Crippen LogP contribution in [0.5, 0.6) is 0 Å². The summed E-state index contributed by atoms with van der Waals surface area (Å²) in [7, 11) is 0. The predicted octanol–water partition coefficient (Wildman–Crippen LogP) is 6.22. The highest BCUT2D eigenvalue weighted by atomic mass is 16.5. The van der Waals surface area contributed by atoms with Gasteiger partial charge >= 0.3 is 5.97 Å². The average molecular weight is 470 g/mol. The van der Waals surface area contributed by atoms with Crippen molar-refractivity contribution in [3.8, 4) is 0 Å². The second-order valence-corrected chi connectivity index (χ2v) is 10.2. The van der Waals surface area contributed by atoms with Gasteiger partial charge < -0.3 is 19.0 Å². The van der Waals surface area contributed by atoms with Gasteiger partial charge in [-0.15, -0.1) is 0 Å². The van der Waals surface area contributed by atoms with Crippen LogP contribution in [0.2, 0.25) is 0 Å². The average Bonchev–Trinajstić information content (AvgIpc) is 3.32. The van der Waals surface area contributed by atoms with Gasteiger partial charge in [-0.1, -0.05) is 35.9 Å². The maximum absolute atomic E-state index is 12.7. The van der Waals surface area contributed by atoms with E-state index < -0.39 is 17.7 Å². The minimum Gasteiger partial charge on any atom is -0.497 e. The van der Waals surface area contributed by atoms with Crippen molar-refractivity contribution in [1.82, 2.24) is 0 Å². The van der Waals surface area contributed by atoms with Crippen LogP contribution in [0.1, 0.15) is 44.4 Å². The highest BCUT2D eigenvalue weighted by Crippen LogP contribution is 2.49. The number of ether oxygens (including phenoxy) is 2. The Kier molecular flexibility index (Phi) is 4.97. The Labute approximate surface area is 203 Å². The van der Waals surface area contributed by atoms with Crippen LogP contribution >= 0.6 is 0 Å². The quantitative estimate of drug-likeness (QED) is 0.490. The standard InChI is InChI=1S/C29H27NO5/c1-29(2,3)35-27(28(31)32)24-20-12-15-34-26(20)18-7-5-4-6-17(18)23(24)19-8-9-21-22-16(11-14-33-21)10-13-30-25(19)22/h4-10,12-13,15,22,25,27H,11,14H2,1-3H3,(H,31,32). The van der Waals surface area contributed by atoms with E-state index in [4.69, 9.17) is 18.9 Å². The van der Waals surface area contributed by atoms with Crippen LogP contribution in [-0.4, -0.2) is 35.5 Å². The van der Waals surface area contributed by atoms with Gasteiger partial charge in [-0.05, 0) is 55.5 Å². The van der Waals surface area contributed by atoms with Gasteiger partial charge in [-0.2, -0.15) is 0 Å². The highest BCUT2D eigenvalue weighted by molar-refractivity contribution is 6.13. The van der Waals surface area contributed by atoms with E-state index >= 15 is 0 Å². The van der Waals surface area contributed by atoms with Gasteiger partial charge in [0.2, 0.25) is 0 Å². The summed E-state index contributed by atoms with van der Waals surface area (Å²) in [5, 5.41) is 13.0. The fourth-order valence-electron chi connectivity index (χ4n) is 5.57. The molecular formula is C29H27NO5. The van der Waals surface area contributed by atoms with Crippen LogP contribution in [-0.2, 0) is 14.3 Å². The number of hydrogen-bond donors (Lipinski definition) is 1. The molecule has 0 bridgehead atoms. The van der Waals surface area contributed by atoms with Crippen LogP contribution < -0.4 is 0 Å². The van der Waals surface area contributed by atoms with Gasteiger partial charge in [0.1, 0.15) is 11.3 Å². The molecule has 1 aromatic heterocycles. The molecular weight excluding hydrogens is 442 g/mol. The molecule has 1 N–H and O–H groups in total. The fourth-order valence-corrected chi connectivity index (χ4v) is 5.57. The minimum atomic E-state index is -1.19. The van der Waals surface area contributed by atoms with Gasteiger partial charge in [0.15, 0.2) is 6.10 Å². The zero-order valence-corrected chi connectivity index (χ0v) is 19.9. The lowest BCUT2D eigenvalue weighted by Crippen LogP contribution is -2.34. The molecule has 3 aliphatic rings. The van der Waals surface area contributed by atoms with Crippen LogP contribution in [0.4, 0.5) is 0 Å². The summed E-state index contributed by atoms with van der Waals surface area (Å²) in [5.41, 5.74) is 3.68. The Morgan fingerprint density at radius 3 is 2.69 bits per heavy atom. The van der Waals surface area contributed by atoms with Crippen molar-refractivity contribution < 1.29 is 23.8 Å². The number of fused-ring (bicyclic) bond motifs is 3. The summed E-state index contributed by atoms with van der Waals surface area (Å²) >= 11 is 0. The molecule has 0 saturated carbocycles. The monoisotopic (exact) mass is 469 g/mol. The molecule has 1 fully saturated rings. The van der Waals surface area contributed by atoms with E-state index in [1.165, 1.54) is 5.57 Å². The second-order valence-electron chi connectivity index (χ2n) is 10.2. The number of dihydropyridines is 1. The smallest absolute Gasteiger partial charge is 0.337 e. The first-order valence-electron chi connectivity index (χ1n) is 11.9. The Bertz CT molecular complexity index is 1480. The molecule has 6 rings (SSSR count). The van der Waals surface area contributed by atoms with Crippen LogP contribution in [0.3, 0.4) is 0 Å². The number of carboxylic acid groups (broad SMARTS) is 1. The van der Waals surface area contributed by atoms with Crippen molar-refractivity contribution in [2.24, 2.45) is 10.9 Å². The summed E-state index contributed by atoms with van der Waals surface area (Å²) in [6.07, 6.45) is 9.29. The maximum Gasteiger partial charge on any atom is 0.337 e. The summed E-state index contributed by atoms with van der Waals surface area (Å²) in [5.74, 6) is -0.100. The van der Waals surface area contributed by atoms with E-state index in [1.54, 1.807) is 6.26 Å². The minimum absolute atomic E-state index is 0.0206. The zero-order chi connectivity index (χ0) is 24.3. The van der Waals surface area contributed by atoms with Crippen molar-refractivity contribution >= 4 is 39.5 Å². The molecule has 0 amide bonds. The molecule has 3 atom stereocenters. The van der Waals surface area contributed by atoms with Gasteiger partial charge in [0.25, 0.3) is 0 Å². The second kappa shape index (κ2) is 7.95. The first-order chi connectivity index (χ1) is 16.8. The number of benzene rings is 2. The van der Waals surface area contributed by atoms with Gasteiger partial charge in [0.05, 0.1) is 30.4 Å². The van der Waals surface area contributed by atoms with E-state index in [2.05, 4.69) is 6.08 Å².